The van der Waals surface area contributed by atoms with Crippen LogP contribution < -0.4 is 5.73 Å². The Kier molecular flexibility index (Phi) is 3.43. The molecule has 1 amide bonds. The normalized spacial score (nSPS) is 12.4. The van der Waals surface area contributed by atoms with Gasteiger partial charge in [-0.15, -0.1) is 0 Å². The first-order chi connectivity index (χ1) is 6.24. The van der Waals surface area contributed by atoms with E-state index in [0.717, 1.165) is 12.0 Å². The Labute approximate surface area is 78.0 Å². The van der Waals surface area contributed by atoms with E-state index in [0.29, 0.717) is 6.42 Å². The summed E-state index contributed by atoms with van der Waals surface area (Å²) in [5.41, 5.74) is 6.35. The number of nitrogens with two attached hydrogens (primary N) is 1. The van der Waals surface area contributed by atoms with Crippen LogP contribution in [0.4, 0.5) is 0 Å². The van der Waals surface area contributed by atoms with Crippen molar-refractivity contribution in [1.29, 1.82) is 0 Å². The van der Waals surface area contributed by atoms with Crippen molar-refractivity contribution < 1.29 is 4.79 Å². The molecule has 1 atom stereocenters. The van der Waals surface area contributed by atoms with Gasteiger partial charge in [0.1, 0.15) is 0 Å². The van der Waals surface area contributed by atoms with E-state index in [4.69, 9.17) is 5.73 Å². The number of carbonyl (C=O) groups excluding carboxylic acids is 1. The second-order valence-electron chi connectivity index (χ2n) is 3.07. The van der Waals surface area contributed by atoms with Crippen molar-refractivity contribution in [2.75, 3.05) is 0 Å². The van der Waals surface area contributed by atoms with Gasteiger partial charge in [0.25, 0.3) is 0 Å². The number of pyridine rings is 1. The summed E-state index contributed by atoms with van der Waals surface area (Å²) in [6.45, 7) is 1.97. The standard InChI is InChI=1S/C10H14N2O/c1-2-9(10(11)13)7-8-3-5-12-6-4-8/h3-6,9H,2,7H2,1H3,(H2,11,13). The average molecular weight is 178 g/mol. The van der Waals surface area contributed by atoms with Crippen LogP contribution in [0.3, 0.4) is 0 Å². The fourth-order valence-corrected chi connectivity index (χ4v) is 1.25. The summed E-state index contributed by atoms with van der Waals surface area (Å²) < 4.78 is 0. The van der Waals surface area contributed by atoms with Gasteiger partial charge in [-0.1, -0.05) is 6.92 Å². The third-order valence-corrected chi connectivity index (χ3v) is 2.13. The predicted molar refractivity (Wildman–Crippen MR) is 50.9 cm³/mol. The van der Waals surface area contributed by atoms with E-state index >= 15 is 0 Å². The highest BCUT2D eigenvalue weighted by Crippen LogP contribution is 2.10. The predicted octanol–water partition coefficient (Wildman–Crippen LogP) is 1.14. The van der Waals surface area contributed by atoms with Crippen molar-refractivity contribution in [3.8, 4) is 0 Å². The summed E-state index contributed by atoms with van der Waals surface area (Å²) in [5, 5.41) is 0. The zero-order valence-electron chi connectivity index (χ0n) is 7.73. The van der Waals surface area contributed by atoms with E-state index in [1.165, 1.54) is 0 Å². The minimum absolute atomic E-state index is 0.0533. The maximum absolute atomic E-state index is 10.9. The summed E-state index contributed by atoms with van der Waals surface area (Å²) >= 11 is 0. The van der Waals surface area contributed by atoms with E-state index < -0.39 is 0 Å². The molecule has 1 heterocycles. The first-order valence-corrected chi connectivity index (χ1v) is 4.42. The molecular weight excluding hydrogens is 164 g/mol. The number of amides is 1. The first kappa shape index (κ1) is 9.71. The molecule has 0 bridgehead atoms. The zero-order valence-corrected chi connectivity index (χ0v) is 7.73. The minimum Gasteiger partial charge on any atom is -0.369 e. The molecular formula is C10H14N2O. The van der Waals surface area contributed by atoms with Crippen molar-refractivity contribution in [3.05, 3.63) is 30.1 Å². The van der Waals surface area contributed by atoms with E-state index in [-0.39, 0.29) is 11.8 Å². The second kappa shape index (κ2) is 4.60. The Morgan fingerprint density at radius 1 is 1.54 bits per heavy atom. The molecule has 1 aromatic rings. The third-order valence-electron chi connectivity index (χ3n) is 2.13. The lowest BCUT2D eigenvalue weighted by Crippen LogP contribution is -2.24. The molecule has 0 saturated carbocycles. The lowest BCUT2D eigenvalue weighted by molar-refractivity contribution is -0.121. The summed E-state index contributed by atoms with van der Waals surface area (Å²) in [6.07, 6.45) is 4.96. The molecule has 1 unspecified atom stereocenters. The fourth-order valence-electron chi connectivity index (χ4n) is 1.25. The molecule has 0 aliphatic carbocycles. The minimum atomic E-state index is -0.223. The largest absolute Gasteiger partial charge is 0.369 e. The zero-order chi connectivity index (χ0) is 9.68. The molecule has 13 heavy (non-hydrogen) atoms. The van der Waals surface area contributed by atoms with Crippen LogP contribution in [-0.2, 0) is 11.2 Å². The van der Waals surface area contributed by atoms with E-state index in [2.05, 4.69) is 4.98 Å². The summed E-state index contributed by atoms with van der Waals surface area (Å²) in [6, 6.07) is 3.82. The Balaban J connectivity index is 2.62. The van der Waals surface area contributed by atoms with Gasteiger partial charge in [-0.3, -0.25) is 9.78 Å². The smallest absolute Gasteiger partial charge is 0.220 e. The molecule has 70 valence electrons. The molecule has 1 aromatic heterocycles. The lowest BCUT2D eigenvalue weighted by atomic mass is 9.97. The van der Waals surface area contributed by atoms with E-state index in [9.17, 15) is 4.79 Å². The molecule has 1 rings (SSSR count). The van der Waals surface area contributed by atoms with Gasteiger partial charge in [0.2, 0.25) is 5.91 Å². The maximum atomic E-state index is 10.9. The Bertz CT molecular complexity index is 272. The highest BCUT2D eigenvalue weighted by molar-refractivity contribution is 5.76. The number of hydrogen-bond acceptors (Lipinski definition) is 2. The summed E-state index contributed by atoms with van der Waals surface area (Å²) in [4.78, 5) is 14.8. The van der Waals surface area contributed by atoms with Gasteiger partial charge in [-0.05, 0) is 30.5 Å². The summed E-state index contributed by atoms with van der Waals surface area (Å²) in [7, 11) is 0. The van der Waals surface area contributed by atoms with Gasteiger partial charge in [0.05, 0.1) is 0 Å². The molecule has 0 aliphatic heterocycles. The number of aromatic nitrogens is 1. The van der Waals surface area contributed by atoms with Crippen molar-refractivity contribution >= 4 is 5.91 Å². The van der Waals surface area contributed by atoms with E-state index in [1.807, 2.05) is 19.1 Å². The van der Waals surface area contributed by atoms with Crippen LogP contribution in [0.15, 0.2) is 24.5 Å². The highest BCUT2D eigenvalue weighted by atomic mass is 16.1. The lowest BCUT2D eigenvalue weighted by Gasteiger charge is -2.09. The molecule has 2 N–H and O–H groups in total. The van der Waals surface area contributed by atoms with Crippen LogP contribution in [-0.4, -0.2) is 10.9 Å². The van der Waals surface area contributed by atoms with Gasteiger partial charge in [-0.2, -0.15) is 0 Å². The van der Waals surface area contributed by atoms with Crippen LogP contribution in [0.5, 0.6) is 0 Å². The van der Waals surface area contributed by atoms with Crippen molar-refractivity contribution in [2.45, 2.75) is 19.8 Å². The molecule has 0 aromatic carbocycles. The van der Waals surface area contributed by atoms with Gasteiger partial charge >= 0.3 is 0 Å². The average Bonchev–Trinajstić information content (AvgIpc) is 2.15. The molecule has 0 fully saturated rings. The second-order valence-corrected chi connectivity index (χ2v) is 3.07. The molecule has 0 spiro atoms. The Hall–Kier alpha value is -1.38. The van der Waals surface area contributed by atoms with Crippen molar-refractivity contribution in [2.24, 2.45) is 11.7 Å². The van der Waals surface area contributed by atoms with Crippen LogP contribution in [0.2, 0.25) is 0 Å². The maximum Gasteiger partial charge on any atom is 0.220 e. The van der Waals surface area contributed by atoms with Crippen LogP contribution in [0, 0.1) is 5.92 Å². The van der Waals surface area contributed by atoms with Crippen LogP contribution in [0.25, 0.3) is 0 Å². The molecule has 3 heteroatoms. The number of rotatable bonds is 4. The van der Waals surface area contributed by atoms with Crippen LogP contribution in [0.1, 0.15) is 18.9 Å². The monoisotopic (exact) mass is 178 g/mol. The first-order valence-electron chi connectivity index (χ1n) is 4.42. The molecule has 3 nitrogen and oxygen atoms in total. The number of carbonyl (C=O) groups is 1. The van der Waals surface area contributed by atoms with Crippen LogP contribution >= 0.6 is 0 Å². The molecule has 0 aliphatic rings. The fraction of sp³-hybridized carbons (Fsp3) is 0.400. The van der Waals surface area contributed by atoms with Crippen molar-refractivity contribution in [1.82, 2.24) is 4.98 Å². The topological polar surface area (TPSA) is 56.0 Å². The van der Waals surface area contributed by atoms with E-state index in [1.54, 1.807) is 12.4 Å². The Morgan fingerprint density at radius 2 is 2.15 bits per heavy atom. The van der Waals surface area contributed by atoms with Gasteiger partial charge < -0.3 is 5.73 Å². The van der Waals surface area contributed by atoms with Gasteiger partial charge in [0.15, 0.2) is 0 Å². The van der Waals surface area contributed by atoms with Crippen molar-refractivity contribution in [3.63, 3.8) is 0 Å². The Morgan fingerprint density at radius 3 is 2.62 bits per heavy atom. The highest BCUT2D eigenvalue weighted by Gasteiger charge is 2.12. The quantitative estimate of drug-likeness (QED) is 0.751. The number of hydrogen-bond donors (Lipinski definition) is 1. The molecule has 0 radical (unpaired) electrons. The molecule has 0 saturated heterocycles. The van der Waals surface area contributed by atoms with Gasteiger partial charge in [0, 0.05) is 18.3 Å². The number of nitrogens with zero attached hydrogens (tertiary/aromatic N) is 1. The summed E-state index contributed by atoms with van der Waals surface area (Å²) in [5.74, 6) is -0.276. The van der Waals surface area contributed by atoms with Gasteiger partial charge in [-0.25, -0.2) is 0 Å². The third kappa shape index (κ3) is 2.86. The number of primary amides is 1. The SMILES string of the molecule is CCC(Cc1ccncc1)C(N)=O.